The molecule has 0 fully saturated rings. The lowest BCUT2D eigenvalue weighted by Gasteiger charge is -2.25. The van der Waals surface area contributed by atoms with E-state index in [1.165, 1.54) is 30.6 Å². The van der Waals surface area contributed by atoms with E-state index in [1.807, 2.05) is 0 Å². The number of carbonyl (C=O) groups is 1. The Bertz CT molecular complexity index is 1370. The summed E-state index contributed by atoms with van der Waals surface area (Å²) >= 11 is 4.79. The van der Waals surface area contributed by atoms with Crippen LogP contribution in [0, 0.1) is 0 Å². The van der Waals surface area contributed by atoms with Crippen molar-refractivity contribution >= 4 is 34.2 Å². The number of fused-ring (bicyclic) bond motifs is 3. The molecule has 3 heterocycles. The van der Waals surface area contributed by atoms with Gasteiger partial charge in [0.1, 0.15) is 24.5 Å². The first-order chi connectivity index (χ1) is 16.8. The summed E-state index contributed by atoms with van der Waals surface area (Å²) in [6.45, 7) is 3.05. The zero-order valence-corrected chi connectivity index (χ0v) is 19.3. The van der Waals surface area contributed by atoms with Crippen LogP contribution in [0.15, 0.2) is 55.1 Å². The quantitative estimate of drug-likeness (QED) is 0.357. The van der Waals surface area contributed by atoms with E-state index < -0.39 is 11.5 Å². The number of anilines is 1. The van der Waals surface area contributed by atoms with Crippen molar-refractivity contribution in [2.24, 2.45) is 0 Å². The Labute approximate surface area is 203 Å². The largest absolute Gasteiger partial charge is 0.487 e. The zero-order valence-electron chi connectivity index (χ0n) is 18.5. The first-order valence-corrected chi connectivity index (χ1v) is 11.3. The topological polar surface area (TPSA) is 91.2 Å². The van der Waals surface area contributed by atoms with Gasteiger partial charge in [-0.2, -0.15) is 0 Å². The van der Waals surface area contributed by atoms with Crippen molar-refractivity contribution in [3.8, 4) is 16.9 Å². The minimum absolute atomic E-state index is 0.118. The molecule has 0 spiro atoms. The molecule has 180 valence electrons. The number of halogens is 3. The molecule has 35 heavy (non-hydrogen) atoms. The number of ether oxygens (including phenoxy) is 2. The molecule has 1 aliphatic rings. The molecule has 0 saturated carbocycles. The Morgan fingerprint density at radius 3 is 2.69 bits per heavy atom. The lowest BCUT2D eigenvalue weighted by molar-refractivity contribution is -0.0964. The number of rotatable bonds is 6. The summed E-state index contributed by atoms with van der Waals surface area (Å²) in [5, 5.41) is 2.77. The number of nitrogens with one attached hydrogen (secondary N) is 1. The fourth-order valence-electron chi connectivity index (χ4n) is 4.17. The van der Waals surface area contributed by atoms with Crippen molar-refractivity contribution in [1.82, 2.24) is 19.5 Å². The van der Waals surface area contributed by atoms with Crippen LogP contribution in [0.3, 0.4) is 0 Å². The van der Waals surface area contributed by atoms with E-state index in [0.29, 0.717) is 30.0 Å². The lowest BCUT2D eigenvalue weighted by atomic mass is 10.0. The van der Waals surface area contributed by atoms with Gasteiger partial charge < -0.3 is 19.4 Å². The van der Waals surface area contributed by atoms with Gasteiger partial charge in [-0.25, -0.2) is 15.0 Å². The standard InChI is InChI=1S/C24H20ClF2N5O3/c1-2-17-11-34-12-21-31-20-8-14(7-19(22(20)32(17)21)15-9-28-13-29-10-15)23(33)30-16-3-5-18(6-4-16)35-24(25,26)27/h3-10,13,17H,2,11-12H2,1H3,(H,30,33)/t17-/m1/s1. The van der Waals surface area contributed by atoms with E-state index in [9.17, 15) is 13.6 Å². The fourth-order valence-corrected chi connectivity index (χ4v) is 4.26. The van der Waals surface area contributed by atoms with Crippen LogP contribution in [-0.2, 0) is 11.3 Å². The van der Waals surface area contributed by atoms with Gasteiger partial charge in [0, 0.05) is 46.4 Å². The van der Waals surface area contributed by atoms with Crippen molar-refractivity contribution in [2.75, 3.05) is 11.9 Å². The van der Waals surface area contributed by atoms with Crippen molar-refractivity contribution < 1.29 is 23.0 Å². The van der Waals surface area contributed by atoms with Crippen LogP contribution >= 0.6 is 11.6 Å². The Morgan fingerprint density at radius 2 is 2.00 bits per heavy atom. The van der Waals surface area contributed by atoms with E-state index in [-0.39, 0.29) is 11.8 Å². The van der Waals surface area contributed by atoms with Crippen LogP contribution in [0.25, 0.3) is 22.2 Å². The van der Waals surface area contributed by atoms with Gasteiger partial charge in [-0.1, -0.05) is 6.92 Å². The molecule has 1 N–H and O–H groups in total. The number of nitrogens with zero attached hydrogens (tertiary/aromatic N) is 4. The SMILES string of the molecule is CC[C@@H]1COCc2nc3cc(C(=O)Nc4ccc(OC(F)(F)Cl)cc4)cc(-c4cncnc4)c3n21. The molecule has 11 heteroatoms. The first kappa shape index (κ1) is 23.1. The second kappa shape index (κ2) is 9.20. The number of benzene rings is 2. The third kappa shape index (κ3) is 4.80. The Morgan fingerprint density at radius 1 is 1.26 bits per heavy atom. The van der Waals surface area contributed by atoms with Crippen LogP contribution in [0.2, 0.25) is 0 Å². The normalized spacial score (nSPS) is 15.6. The van der Waals surface area contributed by atoms with Gasteiger partial charge in [0.25, 0.3) is 5.91 Å². The van der Waals surface area contributed by atoms with Crippen LogP contribution in [0.4, 0.5) is 14.5 Å². The van der Waals surface area contributed by atoms with Crippen molar-refractivity contribution in [3.05, 3.63) is 66.5 Å². The Hall–Kier alpha value is -3.63. The summed E-state index contributed by atoms with van der Waals surface area (Å²) in [6, 6.07) is 9.08. The van der Waals surface area contributed by atoms with Crippen LogP contribution < -0.4 is 10.1 Å². The minimum Gasteiger partial charge on any atom is -0.420 e. The molecule has 0 saturated heterocycles. The second-order valence-corrected chi connectivity index (χ2v) is 8.46. The maximum absolute atomic E-state index is 13.1. The first-order valence-electron chi connectivity index (χ1n) is 10.9. The molecule has 0 bridgehead atoms. The molecule has 0 unspecified atom stereocenters. The number of amides is 1. The predicted molar refractivity (Wildman–Crippen MR) is 126 cm³/mol. The molecule has 1 atom stereocenters. The highest BCUT2D eigenvalue weighted by molar-refractivity contribution is 6.20. The molecule has 5 rings (SSSR count). The summed E-state index contributed by atoms with van der Waals surface area (Å²) in [5.41, 5.74) is 0.0269. The monoisotopic (exact) mass is 499 g/mol. The molecule has 2 aromatic heterocycles. The summed E-state index contributed by atoms with van der Waals surface area (Å²) in [7, 11) is 0. The average molecular weight is 500 g/mol. The highest BCUT2D eigenvalue weighted by Gasteiger charge is 2.28. The van der Waals surface area contributed by atoms with Gasteiger partial charge in [0.05, 0.1) is 23.7 Å². The maximum Gasteiger partial charge on any atom is 0.487 e. The van der Waals surface area contributed by atoms with Crippen molar-refractivity contribution in [2.45, 2.75) is 31.6 Å². The van der Waals surface area contributed by atoms with E-state index in [1.54, 1.807) is 24.5 Å². The number of carbonyl (C=O) groups excluding carboxylic acids is 1. The number of aromatic nitrogens is 4. The van der Waals surface area contributed by atoms with Gasteiger partial charge >= 0.3 is 5.57 Å². The highest BCUT2D eigenvalue weighted by Crippen LogP contribution is 2.35. The molecular weight excluding hydrogens is 480 g/mol. The van der Waals surface area contributed by atoms with Gasteiger partial charge in [-0.15, -0.1) is 8.78 Å². The van der Waals surface area contributed by atoms with Gasteiger partial charge in [-0.3, -0.25) is 4.79 Å². The molecule has 0 aliphatic carbocycles. The lowest BCUT2D eigenvalue weighted by Crippen LogP contribution is -2.23. The molecule has 1 aliphatic heterocycles. The smallest absolute Gasteiger partial charge is 0.420 e. The summed E-state index contributed by atoms with van der Waals surface area (Å²) in [4.78, 5) is 26.2. The van der Waals surface area contributed by atoms with E-state index in [2.05, 4.69) is 31.5 Å². The number of alkyl halides is 3. The minimum atomic E-state index is -3.82. The van der Waals surface area contributed by atoms with Crippen molar-refractivity contribution in [3.63, 3.8) is 0 Å². The third-order valence-electron chi connectivity index (χ3n) is 5.72. The van der Waals surface area contributed by atoms with Crippen molar-refractivity contribution in [1.29, 1.82) is 0 Å². The summed E-state index contributed by atoms with van der Waals surface area (Å²) in [6.07, 6.45) is 5.68. The predicted octanol–water partition coefficient (Wildman–Crippen LogP) is 5.39. The summed E-state index contributed by atoms with van der Waals surface area (Å²) < 4.78 is 37.9. The molecule has 8 nitrogen and oxygen atoms in total. The highest BCUT2D eigenvalue weighted by atomic mass is 35.5. The fraction of sp³-hybridized carbons (Fsp3) is 0.250. The van der Waals surface area contributed by atoms with Crippen LogP contribution in [-0.4, -0.2) is 37.6 Å². The van der Waals surface area contributed by atoms with Gasteiger partial charge in [-0.05, 0) is 42.8 Å². The van der Waals surface area contributed by atoms with E-state index in [4.69, 9.17) is 21.3 Å². The molecule has 1 amide bonds. The van der Waals surface area contributed by atoms with E-state index >= 15 is 0 Å². The zero-order chi connectivity index (χ0) is 24.6. The Balaban J connectivity index is 1.53. The maximum atomic E-state index is 13.1. The number of hydrogen-bond donors (Lipinski definition) is 1. The summed E-state index contributed by atoms with van der Waals surface area (Å²) in [5.74, 6) is 0.267. The Kier molecular flexibility index (Phi) is 6.08. The molecule has 2 aromatic carbocycles. The number of hydrogen-bond acceptors (Lipinski definition) is 6. The second-order valence-electron chi connectivity index (χ2n) is 8.02. The van der Waals surface area contributed by atoms with Gasteiger partial charge in [0.15, 0.2) is 0 Å². The van der Waals surface area contributed by atoms with Crippen LogP contribution in [0.5, 0.6) is 5.75 Å². The third-order valence-corrected chi connectivity index (χ3v) is 5.79. The molecule has 4 aromatic rings. The number of imidazole rings is 1. The average Bonchev–Trinajstić information content (AvgIpc) is 3.23. The molecule has 0 radical (unpaired) electrons. The van der Waals surface area contributed by atoms with Crippen LogP contribution in [0.1, 0.15) is 35.6 Å². The molecular formula is C24H20ClF2N5O3. The van der Waals surface area contributed by atoms with E-state index in [0.717, 1.165) is 28.9 Å². The van der Waals surface area contributed by atoms with Gasteiger partial charge in [0.2, 0.25) is 0 Å².